The molecule has 1 saturated carbocycles. The molecule has 0 unspecified atom stereocenters. The van der Waals surface area contributed by atoms with Crippen LogP contribution in [0.5, 0.6) is 5.75 Å². The minimum atomic E-state index is -0.733. The molecule has 1 aliphatic heterocycles. The highest BCUT2D eigenvalue weighted by Crippen LogP contribution is 2.48. The maximum atomic E-state index is 12.4. The van der Waals surface area contributed by atoms with Crippen molar-refractivity contribution in [3.8, 4) is 5.75 Å². The number of para-hydroxylation sites is 1. The predicted octanol–water partition coefficient (Wildman–Crippen LogP) is 2.87. The molecule has 24 heavy (non-hydrogen) atoms. The number of benzene rings is 1. The molecular weight excluding hydrogens is 306 g/mol. The molecule has 5 nitrogen and oxygen atoms in total. The second-order valence-electron chi connectivity index (χ2n) is 7.04. The third-order valence-corrected chi connectivity index (χ3v) is 5.54. The molecule has 0 aromatic heterocycles. The van der Waals surface area contributed by atoms with Crippen LogP contribution in [0.4, 0.5) is 0 Å². The molecule has 1 saturated heterocycles. The van der Waals surface area contributed by atoms with Gasteiger partial charge < -0.3 is 14.7 Å². The molecule has 2 aliphatic rings. The van der Waals surface area contributed by atoms with E-state index in [1.165, 1.54) is 0 Å². The Bertz CT molecular complexity index is 630. The molecule has 1 N–H and O–H groups in total. The zero-order valence-corrected chi connectivity index (χ0v) is 14.2. The van der Waals surface area contributed by atoms with Crippen molar-refractivity contribution >= 4 is 11.9 Å². The van der Waals surface area contributed by atoms with E-state index in [0.29, 0.717) is 39.0 Å². The first kappa shape index (κ1) is 16.8. The summed E-state index contributed by atoms with van der Waals surface area (Å²) in [7, 11) is 0. The Kier molecular flexibility index (Phi) is 4.78. The van der Waals surface area contributed by atoms with Crippen molar-refractivity contribution in [3.05, 3.63) is 29.8 Å². The molecule has 0 bridgehead atoms. The lowest BCUT2D eigenvalue weighted by molar-refractivity contribution is -0.149. The highest BCUT2D eigenvalue weighted by atomic mass is 16.5. The van der Waals surface area contributed by atoms with Crippen LogP contribution in [0.3, 0.4) is 0 Å². The molecule has 130 valence electrons. The summed E-state index contributed by atoms with van der Waals surface area (Å²) in [6, 6.07) is 7.82. The largest absolute Gasteiger partial charge is 0.493 e. The third-order valence-electron chi connectivity index (χ3n) is 5.54. The number of hydrogen-bond acceptors (Lipinski definition) is 3. The van der Waals surface area contributed by atoms with E-state index in [9.17, 15) is 14.7 Å². The second kappa shape index (κ2) is 6.83. The number of carbonyl (C=O) groups is 2. The Hall–Kier alpha value is -2.04. The van der Waals surface area contributed by atoms with Crippen LogP contribution in [0.2, 0.25) is 0 Å². The average Bonchev–Trinajstić information content (AvgIpc) is 3.11. The minimum absolute atomic E-state index is 0.0541. The lowest BCUT2D eigenvalue weighted by Crippen LogP contribution is -2.37. The van der Waals surface area contributed by atoms with Crippen molar-refractivity contribution in [2.75, 3.05) is 19.7 Å². The van der Waals surface area contributed by atoms with Gasteiger partial charge in [0.25, 0.3) is 0 Å². The number of nitrogens with zero attached hydrogens (tertiary/aromatic N) is 1. The number of rotatable bonds is 6. The fourth-order valence-electron chi connectivity index (χ4n) is 4.11. The zero-order valence-electron chi connectivity index (χ0n) is 14.2. The second-order valence-corrected chi connectivity index (χ2v) is 7.04. The Balaban J connectivity index is 1.47. The molecule has 0 spiro atoms. The predicted molar refractivity (Wildman–Crippen MR) is 89.9 cm³/mol. The molecule has 5 heteroatoms. The van der Waals surface area contributed by atoms with Crippen LogP contribution in [0.1, 0.15) is 37.7 Å². The van der Waals surface area contributed by atoms with Gasteiger partial charge in [0.2, 0.25) is 5.91 Å². The summed E-state index contributed by atoms with van der Waals surface area (Å²) in [5.41, 5.74) is 0.396. The number of amides is 1. The van der Waals surface area contributed by atoms with Crippen molar-refractivity contribution in [1.29, 1.82) is 0 Å². The summed E-state index contributed by atoms with van der Waals surface area (Å²) < 4.78 is 5.72. The van der Waals surface area contributed by atoms with E-state index < -0.39 is 11.4 Å². The van der Waals surface area contributed by atoms with Crippen LogP contribution in [-0.2, 0) is 9.59 Å². The SMILES string of the molecule is Cc1ccccc1OCCCC(=O)N1C[C@@H]2CCC[C@@]2(C(=O)O)C1. The highest BCUT2D eigenvalue weighted by molar-refractivity contribution is 5.81. The number of aryl methyl sites for hydroxylation is 1. The summed E-state index contributed by atoms with van der Waals surface area (Å²) in [5, 5.41) is 9.58. The van der Waals surface area contributed by atoms with Gasteiger partial charge >= 0.3 is 5.97 Å². The fraction of sp³-hybridized carbons (Fsp3) is 0.579. The first-order valence-corrected chi connectivity index (χ1v) is 8.72. The first-order valence-electron chi connectivity index (χ1n) is 8.72. The Morgan fingerprint density at radius 2 is 2.17 bits per heavy atom. The summed E-state index contributed by atoms with van der Waals surface area (Å²) in [5.74, 6) is 0.300. The molecular formula is C19H25NO4. The molecule has 2 atom stereocenters. The zero-order chi connectivity index (χ0) is 17.2. The van der Waals surface area contributed by atoms with E-state index in [4.69, 9.17) is 4.74 Å². The molecule has 0 radical (unpaired) electrons. The molecule has 1 amide bonds. The van der Waals surface area contributed by atoms with Crippen LogP contribution in [0.25, 0.3) is 0 Å². The van der Waals surface area contributed by atoms with E-state index in [1.54, 1.807) is 4.90 Å². The minimum Gasteiger partial charge on any atom is -0.493 e. The van der Waals surface area contributed by atoms with Crippen molar-refractivity contribution < 1.29 is 19.4 Å². The maximum Gasteiger partial charge on any atom is 0.311 e. The smallest absolute Gasteiger partial charge is 0.311 e. The molecule has 1 heterocycles. The molecule has 3 rings (SSSR count). The van der Waals surface area contributed by atoms with Crippen molar-refractivity contribution in [2.24, 2.45) is 11.3 Å². The maximum absolute atomic E-state index is 12.4. The van der Waals surface area contributed by atoms with E-state index in [1.807, 2.05) is 31.2 Å². The van der Waals surface area contributed by atoms with Gasteiger partial charge in [-0.25, -0.2) is 0 Å². The van der Waals surface area contributed by atoms with Crippen LogP contribution in [0.15, 0.2) is 24.3 Å². The summed E-state index contributed by atoms with van der Waals surface area (Å²) in [6.45, 7) is 3.47. The van der Waals surface area contributed by atoms with Gasteiger partial charge in [-0.3, -0.25) is 9.59 Å². The van der Waals surface area contributed by atoms with Gasteiger partial charge in [0.1, 0.15) is 5.75 Å². The highest BCUT2D eigenvalue weighted by Gasteiger charge is 2.55. The topological polar surface area (TPSA) is 66.8 Å². The van der Waals surface area contributed by atoms with E-state index >= 15 is 0 Å². The molecule has 2 fully saturated rings. The number of ether oxygens (including phenoxy) is 1. The van der Waals surface area contributed by atoms with Gasteiger partial charge in [0.15, 0.2) is 0 Å². The number of hydrogen-bond donors (Lipinski definition) is 1. The van der Waals surface area contributed by atoms with Crippen LogP contribution in [-0.4, -0.2) is 41.6 Å². The average molecular weight is 331 g/mol. The van der Waals surface area contributed by atoms with Crippen molar-refractivity contribution in [1.82, 2.24) is 4.90 Å². The third kappa shape index (κ3) is 3.12. The lowest BCUT2D eigenvalue weighted by atomic mass is 9.81. The van der Waals surface area contributed by atoms with Gasteiger partial charge in [-0.2, -0.15) is 0 Å². The van der Waals surface area contributed by atoms with Crippen LogP contribution >= 0.6 is 0 Å². The van der Waals surface area contributed by atoms with Gasteiger partial charge in [-0.05, 0) is 43.7 Å². The first-order chi connectivity index (χ1) is 11.5. The van der Waals surface area contributed by atoms with Gasteiger partial charge in [0.05, 0.1) is 12.0 Å². The normalized spacial score (nSPS) is 25.5. The lowest BCUT2D eigenvalue weighted by Gasteiger charge is -2.23. The Morgan fingerprint density at radius 1 is 1.38 bits per heavy atom. The van der Waals surface area contributed by atoms with E-state index in [0.717, 1.165) is 24.2 Å². The van der Waals surface area contributed by atoms with Gasteiger partial charge in [-0.15, -0.1) is 0 Å². The van der Waals surface area contributed by atoms with Crippen LogP contribution in [0, 0.1) is 18.3 Å². The fourth-order valence-corrected chi connectivity index (χ4v) is 4.11. The van der Waals surface area contributed by atoms with Crippen LogP contribution < -0.4 is 4.74 Å². The number of carbonyl (C=O) groups excluding carboxylic acids is 1. The summed E-state index contributed by atoms with van der Waals surface area (Å²) in [6.07, 6.45) is 3.64. The molecule has 1 aliphatic carbocycles. The molecule has 1 aromatic rings. The Labute approximate surface area is 142 Å². The monoisotopic (exact) mass is 331 g/mol. The summed E-state index contributed by atoms with van der Waals surface area (Å²) in [4.78, 5) is 25.8. The molecule has 1 aromatic carbocycles. The van der Waals surface area contributed by atoms with E-state index in [2.05, 4.69) is 0 Å². The van der Waals surface area contributed by atoms with Gasteiger partial charge in [0, 0.05) is 19.5 Å². The number of carboxylic acid groups (broad SMARTS) is 1. The number of fused-ring (bicyclic) bond motifs is 1. The van der Waals surface area contributed by atoms with Gasteiger partial charge in [-0.1, -0.05) is 24.6 Å². The van der Waals surface area contributed by atoms with E-state index in [-0.39, 0.29) is 11.8 Å². The number of carboxylic acids is 1. The Morgan fingerprint density at radius 3 is 2.88 bits per heavy atom. The standard InChI is InChI=1S/C19H25NO4/c1-14-6-2-3-8-16(14)24-11-5-9-17(21)20-12-15-7-4-10-19(15,13-20)18(22)23/h2-3,6,8,15H,4-5,7,9-13H2,1H3,(H,22,23)/t15-,19+/m0/s1. The summed E-state index contributed by atoms with van der Waals surface area (Å²) >= 11 is 0. The number of likely N-dealkylation sites (tertiary alicyclic amines) is 1. The quantitative estimate of drug-likeness (QED) is 0.814. The van der Waals surface area contributed by atoms with Crippen molar-refractivity contribution in [2.45, 2.75) is 39.0 Å². The van der Waals surface area contributed by atoms with Crippen molar-refractivity contribution in [3.63, 3.8) is 0 Å². The number of aliphatic carboxylic acids is 1.